The van der Waals surface area contributed by atoms with Crippen LogP contribution in [-0.4, -0.2) is 36.4 Å². The number of aliphatic hydroxyl groups excluding tert-OH is 1. The fourth-order valence-electron chi connectivity index (χ4n) is 8.85. The maximum absolute atomic E-state index is 12.3. The molecule has 0 aromatic heterocycles. The van der Waals surface area contributed by atoms with Crippen LogP contribution in [0.4, 0.5) is 0 Å². The van der Waals surface area contributed by atoms with Gasteiger partial charge < -0.3 is 14.6 Å². The normalized spacial score (nSPS) is 12.5. The zero-order chi connectivity index (χ0) is 48.5. The summed E-state index contributed by atoms with van der Waals surface area (Å²) in [6, 6.07) is 0. The molecule has 1 atom stereocenters. The highest BCUT2D eigenvalue weighted by molar-refractivity contribution is 5.70. The highest BCUT2D eigenvalue weighted by Gasteiger charge is 2.16. The van der Waals surface area contributed by atoms with E-state index in [2.05, 4.69) is 62.5 Å². The van der Waals surface area contributed by atoms with Crippen molar-refractivity contribution in [2.24, 2.45) is 0 Å². The molecule has 0 aromatic rings. The average molecular weight is 940 g/mol. The van der Waals surface area contributed by atoms with Crippen molar-refractivity contribution in [2.75, 3.05) is 13.2 Å². The van der Waals surface area contributed by atoms with Crippen LogP contribution in [0.2, 0.25) is 0 Å². The van der Waals surface area contributed by atoms with Crippen LogP contribution in [0.5, 0.6) is 0 Å². The van der Waals surface area contributed by atoms with Gasteiger partial charge in [-0.25, -0.2) is 0 Å². The summed E-state index contributed by atoms with van der Waals surface area (Å²) in [5.41, 5.74) is 0. The summed E-state index contributed by atoms with van der Waals surface area (Å²) >= 11 is 0. The van der Waals surface area contributed by atoms with Crippen LogP contribution in [0.25, 0.3) is 0 Å². The van der Waals surface area contributed by atoms with Crippen LogP contribution in [0, 0.1) is 0 Å². The quantitative estimate of drug-likeness (QED) is 0.0374. The summed E-state index contributed by atoms with van der Waals surface area (Å²) in [4.78, 5) is 24.4. The number of hydrogen-bond donors (Lipinski definition) is 1. The highest BCUT2D eigenvalue weighted by Crippen LogP contribution is 2.17. The number of carbonyl (C=O) groups is 2. The molecule has 0 fully saturated rings. The van der Waals surface area contributed by atoms with E-state index in [9.17, 15) is 14.7 Å². The van der Waals surface area contributed by atoms with E-state index in [1.165, 1.54) is 231 Å². The van der Waals surface area contributed by atoms with Gasteiger partial charge in [0.1, 0.15) is 6.61 Å². The Labute approximate surface area is 418 Å². The van der Waals surface area contributed by atoms with Crippen LogP contribution in [0.1, 0.15) is 316 Å². The Morgan fingerprint density at radius 1 is 0.343 bits per heavy atom. The van der Waals surface area contributed by atoms with Crippen LogP contribution >= 0.6 is 0 Å². The Bertz CT molecular complexity index is 1110. The summed E-state index contributed by atoms with van der Waals surface area (Å²) in [7, 11) is 0. The van der Waals surface area contributed by atoms with Crippen molar-refractivity contribution < 1.29 is 24.2 Å². The molecule has 392 valence electrons. The fraction of sp³-hybridized carbons (Fsp3) is 0.839. The van der Waals surface area contributed by atoms with Gasteiger partial charge in [-0.15, -0.1) is 0 Å². The topological polar surface area (TPSA) is 72.8 Å². The van der Waals surface area contributed by atoms with Crippen molar-refractivity contribution >= 4 is 11.9 Å². The minimum absolute atomic E-state index is 0.0663. The summed E-state index contributed by atoms with van der Waals surface area (Å²) in [5.74, 6) is -0.587. The Kier molecular flexibility index (Phi) is 56.3. The Balaban J connectivity index is 3.38. The van der Waals surface area contributed by atoms with Gasteiger partial charge in [-0.3, -0.25) is 9.59 Å². The van der Waals surface area contributed by atoms with E-state index in [-0.39, 0.29) is 25.2 Å². The monoisotopic (exact) mass is 939 g/mol. The number of hydrogen-bond acceptors (Lipinski definition) is 5. The largest absolute Gasteiger partial charge is 0.462 e. The van der Waals surface area contributed by atoms with Gasteiger partial charge in [0.15, 0.2) is 6.10 Å². The number of aliphatic hydroxyl groups is 1. The number of ether oxygens (including phenoxy) is 2. The van der Waals surface area contributed by atoms with Gasteiger partial charge in [0.2, 0.25) is 0 Å². The number of unbranched alkanes of at least 4 members (excludes halogenated alkanes) is 39. The SMILES string of the molecule is CCCCCCC/C=C\C/C=C\C/C=C\CCCCCCCCCCCCCCCCCCCCCCCCCCC(=O)OC(CO)COC(=O)CCCCCCC/C=C\CCCCCCC. The summed E-state index contributed by atoms with van der Waals surface area (Å²) in [6.45, 7) is 4.14. The fourth-order valence-corrected chi connectivity index (χ4v) is 8.85. The first-order valence-electron chi connectivity index (χ1n) is 29.7. The molecule has 0 amide bonds. The van der Waals surface area contributed by atoms with E-state index < -0.39 is 6.10 Å². The van der Waals surface area contributed by atoms with Crippen molar-refractivity contribution in [3.8, 4) is 0 Å². The van der Waals surface area contributed by atoms with Crippen molar-refractivity contribution in [1.82, 2.24) is 0 Å². The first-order chi connectivity index (χ1) is 33.1. The zero-order valence-corrected chi connectivity index (χ0v) is 44.9. The predicted octanol–water partition coefficient (Wildman–Crippen LogP) is 20.0. The predicted molar refractivity (Wildman–Crippen MR) is 293 cm³/mol. The van der Waals surface area contributed by atoms with E-state index in [1.54, 1.807) is 0 Å². The van der Waals surface area contributed by atoms with Crippen molar-refractivity contribution in [3.63, 3.8) is 0 Å². The van der Waals surface area contributed by atoms with E-state index in [0.29, 0.717) is 12.8 Å². The van der Waals surface area contributed by atoms with Crippen LogP contribution < -0.4 is 0 Å². The summed E-state index contributed by atoms with van der Waals surface area (Å²) < 4.78 is 10.7. The molecule has 1 unspecified atom stereocenters. The Hall–Kier alpha value is -2.14. The van der Waals surface area contributed by atoms with E-state index in [1.807, 2.05) is 0 Å². The molecule has 0 aromatic carbocycles. The minimum Gasteiger partial charge on any atom is -0.462 e. The Morgan fingerprint density at radius 2 is 0.597 bits per heavy atom. The van der Waals surface area contributed by atoms with E-state index in [4.69, 9.17) is 9.47 Å². The summed E-state index contributed by atoms with van der Waals surface area (Å²) in [6.07, 6.45) is 76.9. The lowest BCUT2D eigenvalue weighted by Gasteiger charge is -2.15. The molecule has 0 aliphatic rings. The second-order valence-corrected chi connectivity index (χ2v) is 20.1. The molecule has 67 heavy (non-hydrogen) atoms. The smallest absolute Gasteiger partial charge is 0.306 e. The lowest BCUT2D eigenvalue weighted by molar-refractivity contribution is -0.161. The molecule has 0 radical (unpaired) electrons. The molecule has 5 heteroatoms. The van der Waals surface area contributed by atoms with Gasteiger partial charge in [0.05, 0.1) is 6.61 Å². The maximum atomic E-state index is 12.3. The molecule has 0 aliphatic heterocycles. The number of carbonyl (C=O) groups excluding carboxylic acids is 2. The lowest BCUT2D eigenvalue weighted by atomic mass is 10.0. The second-order valence-electron chi connectivity index (χ2n) is 20.1. The molecule has 0 heterocycles. The Morgan fingerprint density at radius 3 is 0.910 bits per heavy atom. The molecule has 0 spiro atoms. The average Bonchev–Trinajstić information content (AvgIpc) is 3.33. The second kappa shape index (κ2) is 58.2. The molecule has 0 aliphatic carbocycles. The van der Waals surface area contributed by atoms with Crippen LogP contribution in [0.15, 0.2) is 48.6 Å². The van der Waals surface area contributed by atoms with Crippen molar-refractivity contribution in [2.45, 2.75) is 322 Å². The third-order valence-corrected chi connectivity index (χ3v) is 13.3. The summed E-state index contributed by atoms with van der Waals surface area (Å²) in [5, 5.41) is 9.63. The maximum Gasteiger partial charge on any atom is 0.306 e. The number of rotatable bonds is 55. The molecule has 0 saturated heterocycles. The lowest BCUT2D eigenvalue weighted by Crippen LogP contribution is -2.28. The molecule has 0 bridgehead atoms. The molecule has 1 N–H and O–H groups in total. The number of allylic oxidation sites excluding steroid dienone is 8. The van der Waals surface area contributed by atoms with Gasteiger partial charge in [0.25, 0.3) is 0 Å². The third-order valence-electron chi connectivity index (χ3n) is 13.3. The van der Waals surface area contributed by atoms with Crippen molar-refractivity contribution in [3.05, 3.63) is 48.6 Å². The highest BCUT2D eigenvalue weighted by atomic mass is 16.6. The first kappa shape index (κ1) is 64.9. The van der Waals surface area contributed by atoms with Crippen LogP contribution in [0.3, 0.4) is 0 Å². The van der Waals surface area contributed by atoms with E-state index >= 15 is 0 Å². The van der Waals surface area contributed by atoms with Gasteiger partial charge in [-0.05, 0) is 77.0 Å². The molecule has 5 nitrogen and oxygen atoms in total. The molecule has 0 rings (SSSR count). The molecular weight excluding hydrogens is 825 g/mol. The minimum atomic E-state index is -0.773. The first-order valence-corrected chi connectivity index (χ1v) is 29.7. The van der Waals surface area contributed by atoms with Gasteiger partial charge in [-0.1, -0.05) is 274 Å². The van der Waals surface area contributed by atoms with Gasteiger partial charge in [-0.2, -0.15) is 0 Å². The zero-order valence-electron chi connectivity index (χ0n) is 44.9. The molecule has 0 saturated carbocycles. The van der Waals surface area contributed by atoms with Gasteiger partial charge >= 0.3 is 11.9 Å². The van der Waals surface area contributed by atoms with Gasteiger partial charge in [0, 0.05) is 12.8 Å². The van der Waals surface area contributed by atoms with Crippen LogP contribution in [-0.2, 0) is 19.1 Å². The number of esters is 2. The van der Waals surface area contributed by atoms with E-state index in [0.717, 1.165) is 57.8 Å². The van der Waals surface area contributed by atoms with Crippen molar-refractivity contribution in [1.29, 1.82) is 0 Å². The standard InChI is InChI=1S/C62H114O5/c1-3-5-7-9-11-13-15-17-19-20-21-22-23-24-25-26-27-28-29-30-31-32-33-34-35-36-37-38-39-40-41-42-43-45-47-49-51-53-55-57-62(65)67-60(58-63)59-66-61(64)56-54-52-50-48-46-44-18-16-14-12-10-8-6-4-2/h15-18,20-21,23-24,60,63H,3-14,19,22,25-59H2,1-2H3/b17-15-,18-16-,21-20-,24-23-. The molecular formula is C62H114O5. The third kappa shape index (κ3) is 56.3.